The third-order valence-corrected chi connectivity index (χ3v) is 3.62. The number of benzene rings is 1. The van der Waals surface area contributed by atoms with Crippen molar-refractivity contribution in [2.75, 3.05) is 13.1 Å². The molecule has 7 heteroatoms. The maximum Gasteiger partial charge on any atom is 0.317 e. The van der Waals surface area contributed by atoms with Gasteiger partial charge in [-0.05, 0) is 0 Å². The Hall–Kier alpha value is -2.25. The molecule has 2 aromatic rings. The van der Waals surface area contributed by atoms with Crippen molar-refractivity contribution in [2.45, 2.75) is 6.54 Å². The van der Waals surface area contributed by atoms with Crippen LogP contribution in [0, 0.1) is 0 Å². The van der Waals surface area contributed by atoms with Crippen molar-refractivity contribution in [1.82, 2.24) is 9.88 Å². The highest BCUT2D eigenvalue weighted by atomic mass is 32.1. The van der Waals surface area contributed by atoms with E-state index in [1.54, 1.807) is 0 Å². The molecule has 0 aliphatic carbocycles. The Labute approximate surface area is 125 Å². The van der Waals surface area contributed by atoms with Gasteiger partial charge < -0.3 is 10.2 Å². The molecule has 0 spiro atoms. The molecule has 0 unspecified atom stereocenters. The first-order valence-corrected chi connectivity index (χ1v) is 7.08. The van der Waals surface area contributed by atoms with Gasteiger partial charge in [0, 0.05) is 17.5 Å². The van der Waals surface area contributed by atoms with Crippen LogP contribution >= 0.6 is 11.3 Å². The molecule has 1 heterocycles. The van der Waals surface area contributed by atoms with Gasteiger partial charge in [0.15, 0.2) is 0 Å². The van der Waals surface area contributed by atoms with Crippen molar-refractivity contribution in [3.8, 4) is 10.6 Å². The predicted molar refractivity (Wildman–Crippen MR) is 78.1 cm³/mol. The fourth-order valence-electron chi connectivity index (χ4n) is 1.87. The number of hydrogen-bond donors (Lipinski definition) is 2. The van der Waals surface area contributed by atoms with E-state index in [-0.39, 0.29) is 19.6 Å². The van der Waals surface area contributed by atoms with Crippen LogP contribution in [0.25, 0.3) is 10.6 Å². The summed E-state index contributed by atoms with van der Waals surface area (Å²) in [6.45, 7) is -0.461. The highest BCUT2D eigenvalue weighted by molar-refractivity contribution is 7.13. The maximum atomic E-state index is 10.8. The first-order chi connectivity index (χ1) is 10.0. The zero-order valence-electron chi connectivity index (χ0n) is 11.1. The molecule has 21 heavy (non-hydrogen) atoms. The van der Waals surface area contributed by atoms with E-state index < -0.39 is 11.9 Å². The van der Waals surface area contributed by atoms with Crippen LogP contribution < -0.4 is 0 Å². The van der Waals surface area contributed by atoms with Crippen molar-refractivity contribution in [2.24, 2.45) is 0 Å². The van der Waals surface area contributed by atoms with Crippen LogP contribution in [0.15, 0.2) is 35.7 Å². The van der Waals surface area contributed by atoms with E-state index in [4.69, 9.17) is 10.2 Å². The number of thiazole rings is 1. The monoisotopic (exact) mass is 306 g/mol. The van der Waals surface area contributed by atoms with Gasteiger partial charge in [0.25, 0.3) is 0 Å². The molecule has 0 fully saturated rings. The first-order valence-electron chi connectivity index (χ1n) is 6.20. The lowest BCUT2D eigenvalue weighted by Gasteiger charge is -2.16. The molecular formula is C14H14N2O4S. The number of carboxylic acid groups (broad SMARTS) is 2. The molecule has 2 rings (SSSR count). The molecule has 0 saturated carbocycles. The Balaban J connectivity index is 2.09. The van der Waals surface area contributed by atoms with E-state index in [0.717, 1.165) is 10.6 Å². The maximum absolute atomic E-state index is 10.8. The van der Waals surface area contributed by atoms with Crippen LogP contribution in [-0.2, 0) is 16.1 Å². The van der Waals surface area contributed by atoms with Crippen molar-refractivity contribution < 1.29 is 19.8 Å². The average molecular weight is 306 g/mol. The lowest BCUT2D eigenvalue weighted by Crippen LogP contribution is -2.34. The van der Waals surface area contributed by atoms with Crippen LogP contribution in [0.1, 0.15) is 5.69 Å². The number of carboxylic acids is 2. The number of rotatable bonds is 7. The number of carbonyl (C=O) groups is 2. The number of hydrogen-bond acceptors (Lipinski definition) is 5. The molecule has 0 saturated heterocycles. The summed E-state index contributed by atoms with van der Waals surface area (Å²) in [5, 5.41) is 20.3. The predicted octanol–water partition coefficient (Wildman–Crippen LogP) is 1.78. The molecule has 6 nitrogen and oxygen atoms in total. The molecule has 1 aromatic carbocycles. The van der Waals surface area contributed by atoms with Crippen LogP contribution in [0.3, 0.4) is 0 Å². The van der Waals surface area contributed by atoms with Gasteiger partial charge in [-0.3, -0.25) is 14.5 Å². The smallest absolute Gasteiger partial charge is 0.317 e. The Kier molecular flexibility index (Phi) is 5.02. The number of nitrogens with zero attached hydrogens (tertiary/aromatic N) is 2. The van der Waals surface area contributed by atoms with Gasteiger partial charge in [-0.25, -0.2) is 4.98 Å². The summed E-state index contributed by atoms with van der Waals surface area (Å²) < 4.78 is 0. The summed E-state index contributed by atoms with van der Waals surface area (Å²) in [4.78, 5) is 27.3. The average Bonchev–Trinajstić information content (AvgIpc) is 2.86. The molecule has 0 bridgehead atoms. The van der Waals surface area contributed by atoms with E-state index in [2.05, 4.69) is 4.98 Å². The Morgan fingerprint density at radius 3 is 2.29 bits per heavy atom. The van der Waals surface area contributed by atoms with E-state index in [0.29, 0.717) is 5.69 Å². The lowest BCUT2D eigenvalue weighted by molar-refractivity contribution is -0.142. The lowest BCUT2D eigenvalue weighted by atomic mass is 10.2. The third-order valence-electron chi connectivity index (χ3n) is 2.68. The van der Waals surface area contributed by atoms with Crippen molar-refractivity contribution >= 4 is 23.3 Å². The second-order valence-electron chi connectivity index (χ2n) is 4.44. The highest BCUT2D eigenvalue weighted by Gasteiger charge is 2.15. The summed E-state index contributed by atoms with van der Waals surface area (Å²) >= 11 is 1.45. The minimum absolute atomic E-state index is 0.196. The Morgan fingerprint density at radius 1 is 1.10 bits per heavy atom. The molecular weight excluding hydrogens is 292 g/mol. The fraction of sp³-hybridized carbons (Fsp3) is 0.214. The molecule has 0 radical (unpaired) electrons. The molecule has 110 valence electrons. The molecule has 1 aromatic heterocycles. The molecule has 0 atom stereocenters. The molecule has 0 aliphatic rings. The van der Waals surface area contributed by atoms with E-state index >= 15 is 0 Å². The Bertz CT molecular complexity index is 611. The largest absolute Gasteiger partial charge is 0.480 e. The SMILES string of the molecule is O=C(O)CN(CC(=O)O)Cc1csc(-c2ccccc2)n1. The van der Waals surface area contributed by atoms with E-state index in [1.807, 2.05) is 35.7 Å². The van der Waals surface area contributed by atoms with Crippen LogP contribution in [-0.4, -0.2) is 45.1 Å². The second kappa shape index (κ2) is 6.96. The quantitative estimate of drug-likeness (QED) is 0.810. The summed E-state index contributed by atoms with van der Waals surface area (Å²) in [7, 11) is 0. The molecule has 0 aliphatic heterocycles. The molecule has 0 amide bonds. The van der Waals surface area contributed by atoms with Gasteiger partial charge in [0.05, 0.1) is 18.8 Å². The van der Waals surface area contributed by atoms with Gasteiger partial charge in [0.2, 0.25) is 0 Å². The van der Waals surface area contributed by atoms with Gasteiger partial charge in [-0.1, -0.05) is 30.3 Å². The van der Waals surface area contributed by atoms with Gasteiger partial charge in [-0.2, -0.15) is 0 Å². The summed E-state index contributed by atoms with van der Waals surface area (Å²) in [5.41, 5.74) is 1.65. The summed E-state index contributed by atoms with van der Waals surface area (Å²) in [6.07, 6.45) is 0. The Morgan fingerprint density at radius 2 is 1.71 bits per heavy atom. The first kappa shape index (κ1) is 15.1. The number of aromatic nitrogens is 1. The highest BCUT2D eigenvalue weighted by Crippen LogP contribution is 2.23. The second-order valence-corrected chi connectivity index (χ2v) is 5.30. The summed E-state index contributed by atoms with van der Waals surface area (Å²) in [6, 6.07) is 9.62. The summed E-state index contributed by atoms with van der Waals surface area (Å²) in [5.74, 6) is -2.12. The third kappa shape index (κ3) is 4.66. The van der Waals surface area contributed by atoms with Crippen LogP contribution in [0.4, 0.5) is 0 Å². The van der Waals surface area contributed by atoms with Crippen molar-refractivity contribution in [3.05, 3.63) is 41.4 Å². The zero-order chi connectivity index (χ0) is 15.2. The van der Waals surface area contributed by atoms with Crippen LogP contribution in [0.5, 0.6) is 0 Å². The van der Waals surface area contributed by atoms with Gasteiger partial charge >= 0.3 is 11.9 Å². The van der Waals surface area contributed by atoms with Crippen LogP contribution in [0.2, 0.25) is 0 Å². The van der Waals surface area contributed by atoms with E-state index in [9.17, 15) is 9.59 Å². The van der Waals surface area contributed by atoms with Gasteiger partial charge in [-0.15, -0.1) is 11.3 Å². The zero-order valence-corrected chi connectivity index (χ0v) is 11.9. The normalized spacial score (nSPS) is 10.7. The van der Waals surface area contributed by atoms with E-state index in [1.165, 1.54) is 16.2 Å². The van der Waals surface area contributed by atoms with Crippen molar-refractivity contribution in [3.63, 3.8) is 0 Å². The standard InChI is InChI=1S/C14H14N2O4S/c17-12(18)7-16(8-13(19)20)6-11-9-21-14(15-11)10-4-2-1-3-5-10/h1-5,9H,6-8H2,(H,17,18)(H,19,20). The van der Waals surface area contributed by atoms with Gasteiger partial charge in [0.1, 0.15) is 5.01 Å². The fourth-order valence-corrected chi connectivity index (χ4v) is 2.69. The minimum atomic E-state index is -1.06. The van der Waals surface area contributed by atoms with Crippen molar-refractivity contribution in [1.29, 1.82) is 0 Å². The molecule has 2 N–H and O–H groups in total. The topological polar surface area (TPSA) is 90.7 Å². The minimum Gasteiger partial charge on any atom is -0.480 e. The number of aliphatic carboxylic acids is 2.